The summed E-state index contributed by atoms with van der Waals surface area (Å²) in [5.74, 6) is 0.452. The number of hydrogen-bond acceptors (Lipinski definition) is 3. The van der Waals surface area contributed by atoms with Crippen LogP contribution in [0, 0.1) is 0 Å². The minimum atomic E-state index is 0.105. The van der Waals surface area contributed by atoms with Gasteiger partial charge >= 0.3 is 0 Å². The highest BCUT2D eigenvalue weighted by Gasteiger charge is 2.11. The van der Waals surface area contributed by atoms with Crippen LogP contribution in [0.5, 0.6) is 5.75 Å². The lowest BCUT2D eigenvalue weighted by Gasteiger charge is -2.15. The molecule has 16 heavy (non-hydrogen) atoms. The second-order valence-electron chi connectivity index (χ2n) is 4.63. The molecule has 1 aromatic carbocycles. The van der Waals surface area contributed by atoms with Crippen molar-refractivity contribution in [1.82, 2.24) is 4.90 Å². The van der Waals surface area contributed by atoms with Gasteiger partial charge in [-0.1, -0.05) is 19.9 Å². The smallest absolute Gasteiger partial charge is 0.153 e. The highest BCUT2D eigenvalue weighted by molar-refractivity contribution is 5.80. The molecule has 0 heterocycles. The minimum Gasteiger partial charge on any atom is -0.507 e. The van der Waals surface area contributed by atoms with Crippen molar-refractivity contribution in [2.45, 2.75) is 26.3 Å². The van der Waals surface area contributed by atoms with E-state index < -0.39 is 0 Å². The molecule has 0 amide bonds. The van der Waals surface area contributed by atoms with Crippen molar-refractivity contribution in [3.05, 3.63) is 28.8 Å². The number of phenolic OH excluding ortho intramolecular Hbond substituents is 1. The van der Waals surface area contributed by atoms with Gasteiger partial charge in [-0.25, -0.2) is 0 Å². The summed E-state index contributed by atoms with van der Waals surface area (Å²) >= 11 is 0. The molecule has 0 aliphatic carbocycles. The second kappa shape index (κ2) is 5.12. The number of carbonyl (C=O) groups excluding carboxylic acids is 1. The summed E-state index contributed by atoms with van der Waals surface area (Å²) in [7, 11) is 3.87. The maximum Gasteiger partial charge on any atom is 0.153 e. The lowest BCUT2D eigenvalue weighted by atomic mass is 9.97. The number of rotatable bonds is 4. The number of phenols is 1. The number of aldehydes is 1. The molecule has 0 saturated heterocycles. The first-order valence-electron chi connectivity index (χ1n) is 5.41. The van der Waals surface area contributed by atoms with E-state index in [1.165, 1.54) is 0 Å². The minimum absolute atomic E-state index is 0.105. The summed E-state index contributed by atoms with van der Waals surface area (Å²) in [5, 5.41) is 9.89. The largest absolute Gasteiger partial charge is 0.507 e. The van der Waals surface area contributed by atoms with Crippen molar-refractivity contribution in [3.63, 3.8) is 0 Å². The van der Waals surface area contributed by atoms with Crippen LogP contribution in [0.1, 0.15) is 41.3 Å². The van der Waals surface area contributed by atoms with Crippen LogP contribution in [0.15, 0.2) is 12.1 Å². The van der Waals surface area contributed by atoms with Crippen LogP contribution in [0.3, 0.4) is 0 Å². The maximum atomic E-state index is 10.9. The molecule has 0 radical (unpaired) electrons. The van der Waals surface area contributed by atoms with Gasteiger partial charge in [-0.15, -0.1) is 0 Å². The molecule has 0 spiro atoms. The Morgan fingerprint density at radius 2 is 2.00 bits per heavy atom. The Morgan fingerprint density at radius 3 is 2.44 bits per heavy atom. The van der Waals surface area contributed by atoms with E-state index in [2.05, 4.69) is 13.8 Å². The first kappa shape index (κ1) is 12.7. The number of aromatic hydroxyl groups is 1. The monoisotopic (exact) mass is 221 g/mol. The topological polar surface area (TPSA) is 40.5 Å². The van der Waals surface area contributed by atoms with Gasteiger partial charge in [0, 0.05) is 12.1 Å². The standard InChI is InChI=1S/C13H19NO2/c1-9(2)10-5-11(7-14(3)4)13(16)12(6-10)8-15/h5-6,8-9,16H,7H2,1-4H3. The lowest BCUT2D eigenvalue weighted by molar-refractivity contribution is 0.112. The van der Waals surface area contributed by atoms with Gasteiger partial charge in [0.15, 0.2) is 6.29 Å². The third-order valence-electron chi connectivity index (χ3n) is 2.52. The normalized spacial score (nSPS) is 11.1. The number of hydrogen-bond donors (Lipinski definition) is 1. The summed E-state index contributed by atoms with van der Waals surface area (Å²) in [6.07, 6.45) is 0.709. The van der Waals surface area contributed by atoms with Crippen molar-refractivity contribution < 1.29 is 9.90 Å². The van der Waals surface area contributed by atoms with Crippen molar-refractivity contribution >= 4 is 6.29 Å². The lowest BCUT2D eigenvalue weighted by Crippen LogP contribution is -2.11. The van der Waals surface area contributed by atoms with E-state index >= 15 is 0 Å². The first-order valence-corrected chi connectivity index (χ1v) is 5.41. The van der Waals surface area contributed by atoms with Gasteiger partial charge in [0.25, 0.3) is 0 Å². The van der Waals surface area contributed by atoms with Crippen LogP contribution in [0.25, 0.3) is 0 Å². The average Bonchev–Trinajstić information content (AvgIpc) is 2.20. The third kappa shape index (κ3) is 2.83. The molecule has 0 aromatic heterocycles. The molecule has 88 valence electrons. The number of nitrogens with zero attached hydrogens (tertiary/aromatic N) is 1. The summed E-state index contributed by atoms with van der Waals surface area (Å²) in [6, 6.07) is 3.72. The summed E-state index contributed by atoms with van der Waals surface area (Å²) < 4.78 is 0. The van der Waals surface area contributed by atoms with Gasteiger partial charge in [0.2, 0.25) is 0 Å². The fraction of sp³-hybridized carbons (Fsp3) is 0.462. The molecule has 3 nitrogen and oxygen atoms in total. The van der Waals surface area contributed by atoms with E-state index in [-0.39, 0.29) is 5.75 Å². The molecule has 0 aliphatic rings. The molecule has 0 unspecified atom stereocenters. The van der Waals surface area contributed by atoms with Gasteiger partial charge < -0.3 is 10.0 Å². The molecule has 0 bridgehead atoms. The quantitative estimate of drug-likeness (QED) is 0.794. The van der Waals surface area contributed by atoms with Gasteiger partial charge in [-0.2, -0.15) is 0 Å². The van der Waals surface area contributed by atoms with Crippen LogP contribution in [0.2, 0.25) is 0 Å². The fourth-order valence-corrected chi connectivity index (χ4v) is 1.63. The Kier molecular flexibility index (Phi) is 4.07. The Bertz CT molecular complexity index is 384. The average molecular weight is 221 g/mol. The molecule has 0 fully saturated rings. The molecule has 0 aliphatic heterocycles. The Balaban J connectivity index is 3.24. The molecule has 0 atom stereocenters. The van der Waals surface area contributed by atoms with Crippen LogP contribution >= 0.6 is 0 Å². The van der Waals surface area contributed by atoms with Gasteiger partial charge in [0.1, 0.15) is 5.75 Å². The Morgan fingerprint density at radius 1 is 1.38 bits per heavy atom. The summed E-state index contributed by atoms with van der Waals surface area (Å²) in [6.45, 7) is 4.77. The van der Waals surface area contributed by atoms with Crippen molar-refractivity contribution in [1.29, 1.82) is 0 Å². The fourth-order valence-electron chi connectivity index (χ4n) is 1.63. The zero-order valence-corrected chi connectivity index (χ0v) is 10.3. The molecular formula is C13H19NO2. The van der Waals surface area contributed by atoms with Crippen molar-refractivity contribution in [2.75, 3.05) is 14.1 Å². The van der Waals surface area contributed by atoms with Gasteiger partial charge in [0.05, 0.1) is 5.56 Å². The zero-order valence-electron chi connectivity index (χ0n) is 10.3. The van der Waals surface area contributed by atoms with Crippen molar-refractivity contribution in [2.24, 2.45) is 0 Å². The Hall–Kier alpha value is -1.35. The van der Waals surface area contributed by atoms with Crippen LogP contribution in [-0.2, 0) is 6.54 Å². The van der Waals surface area contributed by atoms with Crippen molar-refractivity contribution in [3.8, 4) is 5.75 Å². The van der Waals surface area contributed by atoms with Crippen LogP contribution in [-0.4, -0.2) is 30.4 Å². The van der Waals surface area contributed by atoms with E-state index in [1.54, 1.807) is 6.07 Å². The molecule has 0 saturated carbocycles. The Labute approximate surface area is 96.7 Å². The number of carbonyl (C=O) groups is 1. The predicted octanol–water partition coefficient (Wildman–Crippen LogP) is 2.39. The van der Waals surface area contributed by atoms with E-state index in [1.807, 2.05) is 25.1 Å². The molecule has 1 aromatic rings. The van der Waals surface area contributed by atoms with E-state index in [0.29, 0.717) is 24.3 Å². The molecule has 3 heteroatoms. The molecule has 1 rings (SSSR count). The van der Waals surface area contributed by atoms with Gasteiger partial charge in [-0.3, -0.25) is 4.79 Å². The molecule has 1 N–H and O–H groups in total. The van der Waals surface area contributed by atoms with Crippen LogP contribution in [0.4, 0.5) is 0 Å². The first-order chi connectivity index (χ1) is 7.45. The highest BCUT2D eigenvalue weighted by Crippen LogP contribution is 2.27. The maximum absolute atomic E-state index is 10.9. The molecular weight excluding hydrogens is 202 g/mol. The predicted molar refractivity (Wildman–Crippen MR) is 65.0 cm³/mol. The van der Waals surface area contributed by atoms with Crippen LogP contribution < -0.4 is 0 Å². The summed E-state index contributed by atoms with van der Waals surface area (Å²) in [5.41, 5.74) is 2.26. The van der Waals surface area contributed by atoms with Gasteiger partial charge in [-0.05, 0) is 31.6 Å². The third-order valence-corrected chi connectivity index (χ3v) is 2.52. The van der Waals surface area contributed by atoms with E-state index in [4.69, 9.17) is 0 Å². The van der Waals surface area contributed by atoms with E-state index in [0.717, 1.165) is 11.1 Å². The summed E-state index contributed by atoms with van der Waals surface area (Å²) in [4.78, 5) is 12.8. The number of benzene rings is 1. The zero-order chi connectivity index (χ0) is 12.3. The van der Waals surface area contributed by atoms with E-state index in [9.17, 15) is 9.90 Å². The highest BCUT2D eigenvalue weighted by atomic mass is 16.3. The SMILES string of the molecule is CC(C)c1cc(C=O)c(O)c(CN(C)C)c1. The second-order valence-corrected chi connectivity index (χ2v) is 4.63.